The topological polar surface area (TPSA) is 77.7 Å². The number of thiophene rings is 1. The van der Waals surface area contributed by atoms with E-state index in [-0.39, 0.29) is 18.6 Å². The van der Waals surface area contributed by atoms with Crippen LogP contribution in [0.2, 0.25) is 0 Å². The average molecular weight is 383 g/mol. The highest BCUT2D eigenvalue weighted by atomic mass is 32.1. The van der Waals surface area contributed by atoms with E-state index in [1.54, 1.807) is 0 Å². The number of likely N-dealkylation sites (tertiary alicyclic amines) is 1. The van der Waals surface area contributed by atoms with Crippen LogP contribution < -0.4 is 9.47 Å². The van der Waals surface area contributed by atoms with Gasteiger partial charge in [0.1, 0.15) is 0 Å². The molecule has 1 unspecified atom stereocenters. The van der Waals surface area contributed by atoms with E-state index >= 15 is 0 Å². The first-order chi connectivity index (χ1) is 13.3. The third-order valence-corrected chi connectivity index (χ3v) is 5.57. The molecule has 1 amide bonds. The van der Waals surface area contributed by atoms with Crippen LogP contribution >= 0.6 is 11.3 Å². The van der Waals surface area contributed by atoms with Gasteiger partial charge in [0.2, 0.25) is 18.6 Å². The molecular formula is C19H17N3O4S. The molecule has 3 aromatic rings. The molecule has 5 rings (SSSR count). The van der Waals surface area contributed by atoms with Crippen molar-refractivity contribution in [1.29, 1.82) is 0 Å². The van der Waals surface area contributed by atoms with Gasteiger partial charge in [-0.2, -0.15) is 11.3 Å². The monoisotopic (exact) mass is 383 g/mol. The summed E-state index contributed by atoms with van der Waals surface area (Å²) in [5.41, 5.74) is 1.53. The molecule has 27 heavy (non-hydrogen) atoms. The van der Waals surface area contributed by atoms with E-state index in [1.807, 2.05) is 39.9 Å². The summed E-state index contributed by atoms with van der Waals surface area (Å²) in [6, 6.07) is 7.41. The lowest BCUT2D eigenvalue weighted by Gasteiger charge is -2.30. The fraction of sp³-hybridized carbons (Fsp3) is 0.316. The van der Waals surface area contributed by atoms with Gasteiger partial charge >= 0.3 is 0 Å². The van der Waals surface area contributed by atoms with Gasteiger partial charge in [0.25, 0.3) is 5.91 Å². The highest BCUT2D eigenvalue weighted by Gasteiger charge is 2.29. The van der Waals surface area contributed by atoms with Gasteiger partial charge in [-0.1, -0.05) is 0 Å². The minimum atomic E-state index is 0.0524. The number of hydrogen-bond donors (Lipinski definition) is 0. The maximum absolute atomic E-state index is 12.6. The first kappa shape index (κ1) is 16.3. The molecule has 0 spiro atoms. The van der Waals surface area contributed by atoms with Gasteiger partial charge in [-0.25, -0.2) is 0 Å². The van der Waals surface area contributed by atoms with Crippen molar-refractivity contribution >= 4 is 17.2 Å². The van der Waals surface area contributed by atoms with Crippen molar-refractivity contribution in [3.05, 3.63) is 46.5 Å². The van der Waals surface area contributed by atoms with Crippen molar-refractivity contribution in [3.8, 4) is 23.0 Å². The predicted octanol–water partition coefficient (Wildman–Crippen LogP) is 3.55. The van der Waals surface area contributed by atoms with Crippen LogP contribution in [0.3, 0.4) is 0 Å². The lowest BCUT2D eigenvalue weighted by molar-refractivity contribution is 0.0699. The van der Waals surface area contributed by atoms with Crippen molar-refractivity contribution in [3.63, 3.8) is 0 Å². The van der Waals surface area contributed by atoms with Crippen LogP contribution in [-0.4, -0.2) is 40.9 Å². The number of carbonyl (C=O) groups excluding carboxylic acids is 1. The van der Waals surface area contributed by atoms with Gasteiger partial charge in [-0.3, -0.25) is 4.79 Å². The maximum Gasteiger partial charge on any atom is 0.254 e. The molecule has 138 valence electrons. The summed E-state index contributed by atoms with van der Waals surface area (Å²) >= 11 is 1.53. The zero-order chi connectivity index (χ0) is 18.2. The Balaban J connectivity index is 1.34. The Morgan fingerprint density at radius 2 is 2.11 bits per heavy atom. The molecule has 0 saturated carbocycles. The van der Waals surface area contributed by atoms with Crippen LogP contribution in [-0.2, 0) is 0 Å². The first-order valence-corrected chi connectivity index (χ1v) is 9.77. The lowest BCUT2D eigenvalue weighted by atomic mass is 9.97. The van der Waals surface area contributed by atoms with Gasteiger partial charge in [0, 0.05) is 24.0 Å². The van der Waals surface area contributed by atoms with Crippen molar-refractivity contribution in [2.45, 2.75) is 18.8 Å². The quantitative estimate of drug-likeness (QED) is 0.688. The number of aromatic nitrogens is 2. The van der Waals surface area contributed by atoms with Gasteiger partial charge in [0.05, 0.1) is 11.5 Å². The largest absolute Gasteiger partial charge is 0.454 e. The highest BCUT2D eigenvalue weighted by Crippen LogP contribution is 2.36. The summed E-state index contributed by atoms with van der Waals surface area (Å²) in [5.74, 6) is 2.54. The molecule has 0 N–H and O–H groups in total. The number of benzene rings is 1. The summed E-state index contributed by atoms with van der Waals surface area (Å²) in [5, 5.41) is 12.2. The number of nitrogens with zero attached hydrogens (tertiary/aromatic N) is 3. The molecule has 1 fully saturated rings. The molecule has 1 atom stereocenters. The van der Waals surface area contributed by atoms with Gasteiger partial charge in [-0.05, 0) is 42.5 Å². The molecule has 0 aliphatic carbocycles. The molecule has 2 aliphatic heterocycles. The van der Waals surface area contributed by atoms with Crippen LogP contribution in [0.25, 0.3) is 11.5 Å². The van der Waals surface area contributed by atoms with Crippen LogP contribution in [0.4, 0.5) is 0 Å². The Labute approximate surface area is 159 Å². The number of piperidine rings is 1. The predicted molar refractivity (Wildman–Crippen MR) is 98.1 cm³/mol. The Kier molecular flexibility index (Phi) is 4.05. The van der Waals surface area contributed by atoms with Gasteiger partial charge in [0.15, 0.2) is 11.5 Å². The normalized spacial score (nSPS) is 18.7. The van der Waals surface area contributed by atoms with E-state index in [9.17, 15) is 4.79 Å². The van der Waals surface area contributed by atoms with Crippen molar-refractivity contribution in [1.82, 2.24) is 15.1 Å². The second kappa shape index (κ2) is 6.70. The number of amides is 1. The zero-order valence-electron chi connectivity index (χ0n) is 14.5. The molecule has 2 aromatic heterocycles. The van der Waals surface area contributed by atoms with Crippen LogP contribution in [0, 0.1) is 0 Å². The minimum absolute atomic E-state index is 0.0524. The third kappa shape index (κ3) is 3.06. The van der Waals surface area contributed by atoms with E-state index in [0.717, 1.165) is 30.5 Å². The summed E-state index contributed by atoms with van der Waals surface area (Å²) in [7, 11) is 0. The Morgan fingerprint density at radius 1 is 1.19 bits per heavy atom. The first-order valence-electron chi connectivity index (χ1n) is 8.83. The Bertz CT molecular complexity index is 969. The zero-order valence-corrected chi connectivity index (χ0v) is 15.3. The second-order valence-electron chi connectivity index (χ2n) is 6.62. The van der Waals surface area contributed by atoms with Crippen molar-refractivity contribution in [2.75, 3.05) is 19.9 Å². The average Bonchev–Trinajstić information content (AvgIpc) is 3.48. The van der Waals surface area contributed by atoms with Gasteiger partial charge < -0.3 is 18.8 Å². The highest BCUT2D eigenvalue weighted by molar-refractivity contribution is 7.08. The SMILES string of the molecule is O=C(c1ccsc1)N1CCCC(c2nnc(-c3ccc4c(c3)OCO4)o2)C1. The summed E-state index contributed by atoms with van der Waals surface area (Å²) in [4.78, 5) is 14.5. The molecule has 0 bridgehead atoms. The van der Waals surface area contributed by atoms with Crippen LogP contribution in [0.5, 0.6) is 11.5 Å². The smallest absolute Gasteiger partial charge is 0.254 e. The molecular weight excluding hydrogens is 366 g/mol. The molecule has 0 radical (unpaired) electrons. The molecule has 4 heterocycles. The standard InChI is InChI=1S/C19H17N3O4S/c23-19(14-5-7-27-10-14)22-6-1-2-13(9-22)18-21-20-17(26-18)12-3-4-15-16(8-12)25-11-24-15/h3-5,7-8,10,13H,1-2,6,9,11H2. The minimum Gasteiger partial charge on any atom is -0.454 e. The number of fused-ring (bicyclic) bond motifs is 1. The number of hydrogen-bond acceptors (Lipinski definition) is 7. The van der Waals surface area contributed by atoms with Crippen molar-refractivity contribution in [2.24, 2.45) is 0 Å². The van der Waals surface area contributed by atoms with Gasteiger partial charge in [-0.15, -0.1) is 10.2 Å². The van der Waals surface area contributed by atoms with E-state index in [1.165, 1.54) is 11.3 Å². The third-order valence-electron chi connectivity index (χ3n) is 4.89. The summed E-state index contributed by atoms with van der Waals surface area (Å²) < 4.78 is 16.7. The lowest BCUT2D eigenvalue weighted by Crippen LogP contribution is -2.39. The van der Waals surface area contributed by atoms with Crippen LogP contribution in [0.1, 0.15) is 35.0 Å². The summed E-state index contributed by atoms with van der Waals surface area (Å²) in [6.45, 7) is 1.58. The number of rotatable bonds is 3. The van der Waals surface area contributed by atoms with E-state index in [0.29, 0.717) is 29.8 Å². The molecule has 1 aromatic carbocycles. The summed E-state index contributed by atoms with van der Waals surface area (Å²) in [6.07, 6.45) is 1.85. The van der Waals surface area contributed by atoms with E-state index in [4.69, 9.17) is 13.9 Å². The van der Waals surface area contributed by atoms with E-state index < -0.39 is 0 Å². The molecule has 7 nitrogen and oxygen atoms in total. The Hall–Kier alpha value is -2.87. The number of ether oxygens (including phenoxy) is 2. The second-order valence-corrected chi connectivity index (χ2v) is 7.40. The number of carbonyl (C=O) groups is 1. The maximum atomic E-state index is 12.6. The Morgan fingerprint density at radius 3 is 3.00 bits per heavy atom. The van der Waals surface area contributed by atoms with E-state index in [2.05, 4.69) is 10.2 Å². The van der Waals surface area contributed by atoms with Crippen LogP contribution in [0.15, 0.2) is 39.4 Å². The molecule has 8 heteroatoms. The molecule has 2 aliphatic rings. The fourth-order valence-corrected chi connectivity index (χ4v) is 4.11. The fourth-order valence-electron chi connectivity index (χ4n) is 3.48. The van der Waals surface area contributed by atoms with Crippen molar-refractivity contribution < 1.29 is 18.7 Å². The molecule has 1 saturated heterocycles.